The number of thioether (sulfide) groups is 1. The maximum absolute atomic E-state index is 12.7. The lowest BCUT2D eigenvalue weighted by molar-refractivity contribution is -0.113. The number of rotatable bonds is 7. The number of amides is 1. The molecule has 0 aliphatic carbocycles. The summed E-state index contributed by atoms with van der Waals surface area (Å²) in [5.74, 6) is 1.48. The zero-order valence-electron chi connectivity index (χ0n) is 21.0. The molecule has 0 bridgehead atoms. The van der Waals surface area contributed by atoms with Gasteiger partial charge in [0.2, 0.25) is 5.91 Å². The lowest BCUT2D eigenvalue weighted by Gasteiger charge is -2.19. The van der Waals surface area contributed by atoms with Crippen LogP contribution in [-0.2, 0) is 10.2 Å². The number of carbonyl (C=O) groups excluding carboxylic acids is 1. The van der Waals surface area contributed by atoms with E-state index in [4.69, 9.17) is 16.3 Å². The van der Waals surface area contributed by atoms with Crippen LogP contribution in [0.3, 0.4) is 0 Å². The number of nitrogens with one attached hydrogen (secondary N) is 1. The number of aromatic nitrogens is 3. The predicted octanol–water partition coefficient (Wildman–Crippen LogP) is 6.93. The van der Waals surface area contributed by atoms with Crippen molar-refractivity contribution >= 4 is 35.0 Å². The smallest absolute Gasteiger partial charge is 0.234 e. The molecule has 0 aliphatic rings. The molecule has 0 saturated carbocycles. The van der Waals surface area contributed by atoms with Crippen molar-refractivity contribution in [2.75, 3.05) is 18.2 Å². The van der Waals surface area contributed by atoms with Gasteiger partial charge >= 0.3 is 0 Å². The Morgan fingerprint density at radius 2 is 1.72 bits per heavy atom. The standard InChI is InChI=1S/C28H29ClN4O2S/c1-18-6-11-21(16-24(18)29)30-25(34)17-36-27-32-31-26(19-7-9-20(10-8-19)28(2,3)4)33(27)22-12-14-23(35-5)15-13-22/h6-16H,17H2,1-5H3,(H,30,34). The number of methoxy groups -OCH3 is 1. The minimum absolute atomic E-state index is 0.0538. The number of aryl methyl sites for hydroxylation is 1. The molecule has 4 aromatic rings. The summed E-state index contributed by atoms with van der Waals surface area (Å²) in [4.78, 5) is 12.7. The fourth-order valence-electron chi connectivity index (χ4n) is 3.63. The van der Waals surface area contributed by atoms with Gasteiger partial charge in [0.05, 0.1) is 12.9 Å². The Bertz CT molecular complexity index is 1360. The Morgan fingerprint density at radius 1 is 1.03 bits per heavy atom. The van der Waals surface area contributed by atoms with Crippen molar-refractivity contribution in [1.29, 1.82) is 0 Å². The Morgan fingerprint density at radius 3 is 2.33 bits per heavy atom. The van der Waals surface area contributed by atoms with E-state index in [0.29, 0.717) is 21.7 Å². The third-order valence-corrected chi connectivity index (χ3v) is 7.10. The quantitative estimate of drug-likeness (QED) is 0.267. The molecule has 0 atom stereocenters. The maximum Gasteiger partial charge on any atom is 0.234 e. The highest BCUT2D eigenvalue weighted by atomic mass is 35.5. The number of benzene rings is 3. The average molecular weight is 521 g/mol. The van der Waals surface area contributed by atoms with Gasteiger partial charge in [-0.1, -0.05) is 74.5 Å². The maximum atomic E-state index is 12.7. The summed E-state index contributed by atoms with van der Waals surface area (Å²) in [6, 6.07) is 21.5. The SMILES string of the molecule is COc1ccc(-n2c(SCC(=O)Nc3ccc(C)c(Cl)c3)nnc2-c2ccc(C(C)(C)C)cc2)cc1. The molecule has 1 amide bonds. The van der Waals surface area contributed by atoms with Crippen LogP contribution in [-0.4, -0.2) is 33.5 Å². The first kappa shape index (κ1) is 25.8. The summed E-state index contributed by atoms with van der Waals surface area (Å²) in [6.07, 6.45) is 0. The van der Waals surface area contributed by atoms with E-state index >= 15 is 0 Å². The summed E-state index contributed by atoms with van der Waals surface area (Å²) in [7, 11) is 1.64. The second-order valence-electron chi connectivity index (χ2n) is 9.47. The summed E-state index contributed by atoms with van der Waals surface area (Å²) in [5, 5.41) is 13.0. The van der Waals surface area contributed by atoms with E-state index in [1.807, 2.05) is 47.9 Å². The summed E-state index contributed by atoms with van der Waals surface area (Å²) in [5.41, 5.74) is 4.73. The lowest BCUT2D eigenvalue weighted by Crippen LogP contribution is -2.14. The van der Waals surface area contributed by atoms with Gasteiger partial charge in [-0.05, 0) is 59.9 Å². The number of ether oxygens (including phenoxy) is 1. The molecular weight excluding hydrogens is 492 g/mol. The average Bonchev–Trinajstić information content (AvgIpc) is 3.28. The molecule has 8 heteroatoms. The van der Waals surface area contributed by atoms with Gasteiger partial charge in [-0.15, -0.1) is 10.2 Å². The first-order chi connectivity index (χ1) is 17.2. The lowest BCUT2D eigenvalue weighted by atomic mass is 9.87. The molecule has 1 N–H and O–H groups in total. The molecule has 3 aromatic carbocycles. The van der Waals surface area contributed by atoms with Crippen LogP contribution in [0.25, 0.3) is 17.1 Å². The molecule has 4 rings (SSSR count). The molecule has 0 saturated heterocycles. The van der Waals surface area contributed by atoms with Crippen molar-refractivity contribution in [2.45, 2.75) is 38.3 Å². The van der Waals surface area contributed by atoms with E-state index in [1.165, 1.54) is 17.3 Å². The topological polar surface area (TPSA) is 69.0 Å². The Kier molecular flexibility index (Phi) is 7.71. The van der Waals surface area contributed by atoms with Crippen molar-refractivity contribution in [3.05, 3.63) is 82.9 Å². The van der Waals surface area contributed by atoms with E-state index in [0.717, 1.165) is 22.6 Å². The van der Waals surface area contributed by atoms with Gasteiger partial charge < -0.3 is 10.1 Å². The molecule has 0 spiro atoms. The molecule has 1 aromatic heterocycles. The van der Waals surface area contributed by atoms with E-state index in [9.17, 15) is 4.79 Å². The van der Waals surface area contributed by atoms with Gasteiger partial charge in [-0.3, -0.25) is 9.36 Å². The van der Waals surface area contributed by atoms with E-state index < -0.39 is 0 Å². The van der Waals surface area contributed by atoms with Crippen LogP contribution in [0.5, 0.6) is 5.75 Å². The van der Waals surface area contributed by atoms with Gasteiger partial charge in [0, 0.05) is 22.0 Å². The second-order valence-corrected chi connectivity index (χ2v) is 10.8. The summed E-state index contributed by atoms with van der Waals surface area (Å²) in [6.45, 7) is 8.48. The Balaban J connectivity index is 1.61. The first-order valence-electron chi connectivity index (χ1n) is 11.6. The minimum atomic E-state index is -0.153. The van der Waals surface area contributed by atoms with Crippen LogP contribution in [0.2, 0.25) is 5.02 Å². The van der Waals surface area contributed by atoms with Gasteiger partial charge in [0.15, 0.2) is 11.0 Å². The molecule has 36 heavy (non-hydrogen) atoms. The number of anilines is 1. The van der Waals surface area contributed by atoms with Crippen molar-refractivity contribution in [3.63, 3.8) is 0 Å². The second kappa shape index (κ2) is 10.8. The first-order valence-corrected chi connectivity index (χ1v) is 12.9. The van der Waals surface area contributed by atoms with Crippen LogP contribution in [0.1, 0.15) is 31.9 Å². The van der Waals surface area contributed by atoms with E-state index in [1.54, 1.807) is 13.2 Å². The number of halogens is 1. The highest BCUT2D eigenvalue weighted by molar-refractivity contribution is 7.99. The fraction of sp³-hybridized carbons (Fsp3) is 0.250. The minimum Gasteiger partial charge on any atom is -0.497 e. The van der Waals surface area contributed by atoms with E-state index in [-0.39, 0.29) is 17.1 Å². The zero-order valence-corrected chi connectivity index (χ0v) is 22.6. The van der Waals surface area contributed by atoms with Gasteiger partial charge in [0.25, 0.3) is 0 Å². The molecule has 186 valence electrons. The third kappa shape index (κ3) is 5.91. The van der Waals surface area contributed by atoms with Crippen LogP contribution in [0.4, 0.5) is 5.69 Å². The van der Waals surface area contributed by atoms with Gasteiger partial charge in [0.1, 0.15) is 5.75 Å². The molecule has 6 nitrogen and oxygen atoms in total. The third-order valence-electron chi connectivity index (χ3n) is 5.76. The molecule has 1 heterocycles. The number of nitrogens with zero attached hydrogens (tertiary/aromatic N) is 3. The van der Waals surface area contributed by atoms with Crippen LogP contribution in [0.15, 0.2) is 71.9 Å². The molecule has 0 unspecified atom stereocenters. The largest absolute Gasteiger partial charge is 0.497 e. The van der Waals surface area contributed by atoms with Crippen molar-refractivity contribution in [3.8, 4) is 22.8 Å². The van der Waals surface area contributed by atoms with Gasteiger partial charge in [-0.2, -0.15) is 0 Å². The molecular formula is C28H29ClN4O2S. The van der Waals surface area contributed by atoms with Crippen molar-refractivity contribution in [2.24, 2.45) is 0 Å². The molecule has 0 radical (unpaired) electrons. The zero-order chi connectivity index (χ0) is 25.9. The van der Waals surface area contributed by atoms with E-state index in [2.05, 4.69) is 60.6 Å². The predicted molar refractivity (Wildman–Crippen MR) is 148 cm³/mol. The number of carbonyl (C=O) groups is 1. The van der Waals surface area contributed by atoms with Crippen molar-refractivity contribution in [1.82, 2.24) is 14.8 Å². The van der Waals surface area contributed by atoms with Crippen LogP contribution < -0.4 is 10.1 Å². The van der Waals surface area contributed by atoms with Crippen molar-refractivity contribution < 1.29 is 9.53 Å². The normalized spacial score (nSPS) is 11.4. The highest BCUT2D eigenvalue weighted by Gasteiger charge is 2.19. The Labute approximate surface area is 221 Å². The highest BCUT2D eigenvalue weighted by Crippen LogP contribution is 2.31. The Hall–Kier alpha value is -3.29. The van der Waals surface area contributed by atoms with Crippen LogP contribution in [0, 0.1) is 6.92 Å². The summed E-state index contributed by atoms with van der Waals surface area (Å²) >= 11 is 7.51. The van der Waals surface area contributed by atoms with Crippen LogP contribution >= 0.6 is 23.4 Å². The number of hydrogen-bond acceptors (Lipinski definition) is 5. The molecule has 0 aliphatic heterocycles. The van der Waals surface area contributed by atoms with Gasteiger partial charge in [-0.25, -0.2) is 0 Å². The summed E-state index contributed by atoms with van der Waals surface area (Å²) < 4.78 is 7.28. The fourth-order valence-corrected chi connectivity index (χ4v) is 4.56. The molecule has 0 fully saturated rings. The number of hydrogen-bond donors (Lipinski definition) is 1. The monoisotopic (exact) mass is 520 g/mol.